The van der Waals surface area contributed by atoms with Crippen LogP contribution in [-0.2, 0) is 0 Å². The van der Waals surface area contributed by atoms with E-state index < -0.39 is 5.91 Å². The van der Waals surface area contributed by atoms with Gasteiger partial charge in [-0.15, -0.1) is 0 Å². The summed E-state index contributed by atoms with van der Waals surface area (Å²) in [6.07, 6.45) is 3.44. The molecule has 2 heterocycles. The maximum Gasteiger partial charge on any atom is 0.307 e. The molecule has 128 valence electrons. The van der Waals surface area contributed by atoms with Crippen molar-refractivity contribution in [1.29, 1.82) is 0 Å². The first-order chi connectivity index (χ1) is 12.7. The molecule has 0 fully saturated rings. The van der Waals surface area contributed by atoms with Crippen molar-refractivity contribution in [3.8, 4) is 11.3 Å². The summed E-state index contributed by atoms with van der Waals surface area (Å²) >= 11 is 5.88. The Kier molecular flexibility index (Phi) is 4.29. The van der Waals surface area contributed by atoms with Gasteiger partial charge in [0.2, 0.25) is 0 Å². The first-order valence-corrected chi connectivity index (χ1v) is 8.34. The highest BCUT2D eigenvalue weighted by Crippen LogP contribution is 2.23. The Balaban J connectivity index is 1.46. The Hall–Kier alpha value is -3.31. The zero-order valence-electron chi connectivity index (χ0n) is 13.6. The number of nitrogens with one attached hydrogen (secondary N) is 2. The van der Waals surface area contributed by atoms with Gasteiger partial charge in [-0.05, 0) is 42.5 Å². The van der Waals surface area contributed by atoms with Gasteiger partial charge in [-0.1, -0.05) is 29.8 Å². The fourth-order valence-corrected chi connectivity index (χ4v) is 2.77. The van der Waals surface area contributed by atoms with Crippen LogP contribution in [0.25, 0.3) is 22.2 Å². The van der Waals surface area contributed by atoms with Crippen LogP contribution < -0.4 is 5.43 Å². The number of benzene rings is 2. The Labute approximate surface area is 154 Å². The van der Waals surface area contributed by atoms with Crippen molar-refractivity contribution in [3.05, 3.63) is 83.2 Å². The van der Waals surface area contributed by atoms with E-state index in [4.69, 9.17) is 16.0 Å². The summed E-state index contributed by atoms with van der Waals surface area (Å²) in [5.74, 6) is 0.361. The molecule has 26 heavy (non-hydrogen) atoms. The molecular weight excluding hydrogens is 350 g/mol. The molecule has 4 aromatic rings. The number of rotatable bonds is 4. The number of hydrogen-bond donors (Lipinski definition) is 2. The second kappa shape index (κ2) is 6.90. The number of furan rings is 1. The van der Waals surface area contributed by atoms with Gasteiger partial charge in [-0.25, -0.2) is 5.43 Å². The van der Waals surface area contributed by atoms with Gasteiger partial charge in [0, 0.05) is 33.2 Å². The summed E-state index contributed by atoms with van der Waals surface area (Å²) in [4.78, 5) is 15.3. The van der Waals surface area contributed by atoms with Crippen LogP contribution >= 0.6 is 11.6 Å². The van der Waals surface area contributed by atoms with Gasteiger partial charge in [0.1, 0.15) is 5.76 Å². The number of halogens is 1. The molecule has 0 saturated carbocycles. The van der Waals surface area contributed by atoms with Crippen LogP contribution in [0.4, 0.5) is 0 Å². The molecule has 0 spiro atoms. The number of hydrogen-bond acceptors (Lipinski definition) is 3. The number of amides is 1. The van der Waals surface area contributed by atoms with Crippen LogP contribution in [0.2, 0.25) is 5.02 Å². The molecule has 6 heteroatoms. The highest BCUT2D eigenvalue weighted by atomic mass is 35.5. The predicted molar refractivity (Wildman–Crippen MR) is 103 cm³/mol. The number of fused-ring (bicyclic) bond motifs is 1. The average molecular weight is 364 g/mol. The maximum atomic E-state index is 12.2. The third kappa shape index (κ3) is 3.25. The van der Waals surface area contributed by atoms with Crippen LogP contribution in [0, 0.1) is 0 Å². The largest absolute Gasteiger partial charge is 0.451 e. The number of hydrazone groups is 1. The molecule has 0 atom stereocenters. The number of carbonyl (C=O) groups excluding carboxylic acids is 1. The molecule has 1 amide bonds. The number of aromatic amines is 1. The van der Waals surface area contributed by atoms with E-state index in [9.17, 15) is 4.79 Å². The molecule has 0 bridgehead atoms. The lowest BCUT2D eigenvalue weighted by Crippen LogP contribution is -2.16. The molecule has 2 aromatic heterocycles. The fourth-order valence-electron chi connectivity index (χ4n) is 2.65. The average Bonchev–Trinajstić information content (AvgIpc) is 3.30. The van der Waals surface area contributed by atoms with Crippen molar-refractivity contribution in [2.45, 2.75) is 0 Å². The van der Waals surface area contributed by atoms with E-state index in [2.05, 4.69) is 15.5 Å². The Morgan fingerprint density at radius 3 is 2.73 bits per heavy atom. The predicted octanol–water partition coefficient (Wildman–Crippen LogP) is 4.85. The smallest absolute Gasteiger partial charge is 0.307 e. The lowest BCUT2D eigenvalue weighted by Gasteiger charge is -1.98. The summed E-state index contributed by atoms with van der Waals surface area (Å²) in [6, 6.07) is 18.4. The Bertz CT molecular complexity index is 1090. The van der Waals surface area contributed by atoms with Crippen molar-refractivity contribution < 1.29 is 9.21 Å². The van der Waals surface area contributed by atoms with Crippen molar-refractivity contribution in [3.63, 3.8) is 0 Å². The van der Waals surface area contributed by atoms with Crippen LogP contribution in [0.3, 0.4) is 0 Å². The van der Waals surface area contributed by atoms with E-state index in [0.29, 0.717) is 10.8 Å². The summed E-state index contributed by atoms with van der Waals surface area (Å²) in [5.41, 5.74) is 5.22. The molecule has 0 saturated heterocycles. The summed E-state index contributed by atoms with van der Waals surface area (Å²) in [7, 11) is 0. The highest BCUT2D eigenvalue weighted by Gasteiger charge is 2.11. The van der Waals surface area contributed by atoms with Crippen LogP contribution in [0.15, 0.2) is 76.4 Å². The molecule has 0 aliphatic rings. The van der Waals surface area contributed by atoms with Gasteiger partial charge in [0.15, 0.2) is 5.76 Å². The number of aromatic nitrogens is 1. The van der Waals surface area contributed by atoms with Gasteiger partial charge >= 0.3 is 5.91 Å². The summed E-state index contributed by atoms with van der Waals surface area (Å²) in [5, 5.41) is 5.69. The van der Waals surface area contributed by atoms with Crippen molar-refractivity contribution in [2.75, 3.05) is 0 Å². The van der Waals surface area contributed by atoms with Crippen LogP contribution in [0.5, 0.6) is 0 Å². The van der Waals surface area contributed by atoms with E-state index in [0.717, 1.165) is 22.0 Å². The number of H-pyrrole nitrogens is 1. The summed E-state index contributed by atoms with van der Waals surface area (Å²) < 4.78 is 5.59. The topological polar surface area (TPSA) is 70.4 Å². The minimum absolute atomic E-state index is 0.186. The van der Waals surface area contributed by atoms with Crippen molar-refractivity contribution in [2.24, 2.45) is 5.10 Å². The molecule has 0 aliphatic carbocycles. The van der Waals surface area contributed by atoms with Crippen molar-refractivity contribution in [1.82, 2.24) is 10.4 Å². The number of nitrogens with zero attached hydrogens (tertiary/aromatic N) is 1. The first-order valence-electron chi connectivity index (χ1n) is 7.96. The molecule has 0 aliphatic heterocycles. The molecule has 4 rings (SSSR count). The zero-order chi connectivity index (χ0) is 17.9. The lowest BCUT2D eigenvalue weighted by atomic mass is 10.2. The Morgan fingerprint density at radius 2 is 1.88 bits per heavy atom. The van der Waals surface area contributed by atoms with E-state index in [-0.39, 0.29) is 5.76 Å². The molecule has 2 aromatic carbocycles. The Morgan fingerprint density at radius 1 is 1.08 bits per heavy atom. The minimum atomic E-state index is -0.415. The monoisotopic (exact) mass is 363 g/mol. The number of carbonyl (C=O) groups is 1. The lowest BCUT2D eigenvalue weighted by molar-refractivity contribution is 0.0928. The molecule has 0 radical (unpaired) electrons. The third-order valence-corrected chi connectivity index (χ3v) is 4.20. The number of para-hydroxylation sites is 1. The first kappa shape index (κ1) is 16.2. The van der Waals surface area contributed by atoms with Crippen molar-refractivity contribution >= 4 is 34.6 Å². The zero-order valence-corrected chi connectivity index (χ0v) is 14.3. The van der Waals surface area contributed by atoms with Gasteiger partial charge < -0.3 is 9.40 Å². The SMILES string of the molecule is O=C(N/N=C\c1c[nH]c2ccccc12)c1ccc(-c2ccc(Cl)cc2)o1. The van der Waals surface area contributed by atoms with Crippen LogP contribution in [0.1, 0.15) is 16.1 Å². The highest BCUT2D eigenvalue weighted by molar-refractivity contribution is 6.30. The standard InChI is InChI=1S/C20H14ClN3O2/c21-15-7-5-13(6-8-15)18-9-10-19(26-18)20(25)24-23-12-14-11-22-17-4-2-1-3-16(14)17/h1-12,22H,(H,24,25)/b23-12-. The van der Waals surface area contributed by atoms with Gasteiger partial charge in [-0.3, -0.25) is 4.79 Å². The normalized spacial score (nSPS) is 11.3. The molecular formula is C20H14ClN3O2. The third-order valence-electron chi connectivity index (χ3n) is 3.95. The van der Waals surface area contributed by atoms with E-state index in [1.54, 1.807) is 30.5 Å². The van der Waals surface area contributed by atoms with Gasteiger partial charge in [0.25, 0.3) is 0 Å². The second-order valence-corrected chi connectivity index (χ2v) is 6.10. The maximum absolute atomic E-state index is 12.2. The second-order valence-electron chi connectivity index (χ2n) is 5.66. The van der Waals surface area contributed by atoms with Crippen LogP contribution in [-0.4, -0.2) is 17.1 Å². The molecule has 0 unspecified atom stereocenters. The minimum Gasteiger partial charge on any atom is -0.451 e. The van der Waals surface area contributed by atoms with E-state index >= 15 is 0 Å². The summed E-state index contributed by atoms with van der Waals surface area (Å²) in [6.45, 7) is 0. The van der Waals surface area contributed by atoms with E-state index in [1.165, 1.54) is 0 Å². The van der Waals surface area contributed by atoms with Gasteiger partial charge in [-0.2, -0.15) is 5.10 Å². The molecule has 2 N–H and O–H groups in total. The van der Waals surface area contributed by atoms with Gasteiger partial charge in [0.05, 0.1) is 6.21 Å². The van der Waals surface area contributed by atoms with E-state index in [1.807, 2.05) is 42.6 Å². The fraction of sp³-hybridized carbons (Fsp3) is 0. The quantitative estimate of drug-likeness (QED) is 0.402. The molecule has 5 nitrogen and oxygen atoms in total.